The SMILES string of the molecule is C[C@@H]1CC[C@H](C)N1C(=S)Nc1ccccc1. The molecule has 0 amide bonds. The molecule has 1 N–H and O–H groups in total. The standard InChI is InChI=1S/C13H18N2S/c1-10-8-9-11(2)15(10)13(16)14-12-6-4-3-5-7-12/h3-7,10-11H,8-9H2,1-2H3,(H,14,16)/t10-,11+. The summed E-state index contributed by atoms with van der Waals surface area (Å²) in [5.41, 5.74) is 1.07. The average molecular weight is 234 g/mol. The Morgan fingerprint density at radius 3 is 2.31 bits per heavy atom. The van der Waals surface area contributed by atoms with Crippen molar-refractivity contribution in [2.45, 2.75) is 38.8 Å². The number of nitrogens with one attached hydrogen (secondary N) is 1. The van der Waals surface area contributed by atoms with Gasteiger partial charge in [-0.05, 0) is 51.0 Å². The number of hydrogen-bond acceptors (Lipinski definition) is 1. The van der Waals surface area contributed by atoms with Crippen LogP contribution in [0.5, 0.6) is 0 Å². The molecule has 0 radical (unpaired) electrons. The quantitative estimate of drug-likeness (QED) is 0.751. The monoisotopic (exact) mass is 234 g/mol. The van der Waals surface area contributed by atoms with Crippen LogP contribution < -0.4 is 5.32 Å². The molecular formula is C13H18N2S. The molecule has 0 aromatic heterocycles. The van der Waals surface area contributed by atoms with E-state index < -0.39 is 0 Å². The number of rotatable bonds is 1. The van der Waals surface area contributed by atoms with E-state index in [1.54, 1.807) is 0 Å². The van der Waals surface area contributed by atoms with E-state index in [-0.39, 0.29) is 0 Å². The van der Waals surface area contributed by atoms with E-state index in [9.17, 15) is 0 Å². The lowest BCUT2D eigenvalue weighted by molar-refractivity contribution is 0.350. The molecule has 1 heterocycles. The minimum Gasteiger partial charge on any atom is -0.344 e. The molecule has 1 aliphatic heterocycles. The summed E-state index contributed by atoms with van der Waals surface area (Å²) in [6, 6.07) is 11.2. The van der Waals surface area contributed by atoms with Gasteiger partial charge in [-0.3, -0.25) is 0 Å². The number of thiocarbonyl (C=S) groups is 1. The topological polar surface area (TPSA) is 15.3 Å². The largest absolute Gasteiger partial charge is 0.344 e. The molecule has 86 valence electrons. The second kappa shape index (κ2) is 4.83. The number of hydrogen-bond donors (Lipinski definition) is 1. The molecule has 0 aliphatic carbocycles. The lowest BCUT2D eigenvalue weighted by Crippen LogP contribution is -2.41. The molecule has 0 unspecified atom stereocenters. The molecule has 1 saturated heterocycles. The fourth-order valence-electron chi connectivity index (χ4n) is 2.30. The lowest BCUT2D eigenvalue weighted by Gasteiger charge is -2.29. The molecule has 1 fully saturated rings. The Labute approximate surface area is 103 Å². The predicted octanol–water partition coefficient (Wildman–Crippen LogP) is 3.26. The second-order valence-corrected chi connectivity index (χ2v) is 4.87. The first-order valence-electron chi connectivity index (χ1n) is 5.83. The fraction of sp³-hybridized carbons (Fsp3) is 0.462. The van der Waals surface area contributed by atoms with Gasteiger partial charge < -0.3 is 10.2 Å². The van der Waals surface area contributed by atoms with E-state index in [1.807, 2.05) is 30.3 Å². The summed E-state index contributed by atoms with van der Waals surface area (Å²) in [5.74, 6) is 0. The van der Waals surface area contributed by atoms with Crippen molar-refractivity contribution in [3.63, 3.8) is 0 Å². The number of benzene rings is 1. The van der Waals surface area contributed by atoms with Crippen LogP contribution in [0.1, 0.15) is 26.7 Å². The summed E-state index contributed by atoms with van der Waals surface area (Å²) in [4.78, 5) is 2.31. The summed E-state index contributed by atoms with van der Waals surface area (Å²) >= 11 is 5.46. The molecule has 1 aliphatic rings. The number of nitrogens with zero attached hydrogens (tertiary/aromatic N) is 1. The van der Waals surface area contributed by atoms with Crippen molar-refractivity contribution in [3.8, 4) is 0 Å². The van der Waals surface area contributed by atoms with E-state index in [1.165, 1.54) is 12.8 Å². The Bertz CT molecular complexity index is 353. The molecule has 0 saturated carbocycles. The van der Waals surface area contributed by atoms with Gasteiger partial charge in [-0.2, -0.15) is 0 Å². The van der Waals surface area contributed by atoms with Crippen LogP contribution in [0.25, 0.3) is 0 Å². The van der Waals surface area contributed by atoms with Crippen molar-refractivity contribution >= 4 is 23.0 Å². The molecule has 16 heavy (non-hydrogen) atoms. The summed E-state index contributed by atoms with van der Waals surface area (Å²) < 4.78 is 0. The average Bonchev–Trinajstić information content (AvgIpc) is 2.60. The summed E-state index contributed by atoms with van der Waals surface area (Å²) in [6.07, 6.45) is 2.47. The van der Waals surface area contributed by atoms with Gasteiger partial charge in [-0.1, -0.05) is 18.2 Å². The van der Waals surface area contributed by atoms with E-state index in [4.69, 9.17) is 12.2 Å². The Morgan fingerprint density at radius 2 is 1.75 bits per heavy atom. The molecule has 2 rings (SSSR count). The van der Waals surface area contributed by atoms with E-state index in [0.717, 1.165) is 10.8 Å². The third kappa shape index (κ3) is 2.35. The summed E-state index contributed by atoms with van der Waals surface area (Å²) in [6.45, 7) is 4.48. The van der Waals surface area contributed by atoms with Crippen LogP contribution in [0.15, 0.2) is 30.3 Å². The number of para-hydroxylation sites is 1. The first kappa shape index (κ1) is 11.4. The molecule has 1 aromatic carbocycles. The summed E-state index contributed by atoms with van der Waals surface area (Å²) in [7, 11) is 0. The van der Waals surface area contributed by atoms with Gasteiger partial charge in [0.2, 0.25) is 0 Å². The zero-order valence-corrected chi connectivity index (χ0v) is 10.6. The van der Waals surface area contributed by atoms with Gasteiger partial charge in [-0.25, -0.2) is 0 Å². The van der Waals surface area contributed by atoms with Crippen LogP contribution >= 0.6 is 12.2 Å². The van der Waals surface area contributed by atoms with Crippen LogP contribution in [-0.2, 0) is 0 Å². The third-order valence-corrected chi connectivity index (χ3v) is 3.52. The highest BCUT2D eigenvalue weighted by atomic mass is 32.1. The first-order valence-corrected chi connectivity index (χ1v) is 6.23. The normalized spacial score (nSPS) is 24.5. The second-order valence-electron chi connectivity index (χ2n) is 4.48. The maximum absolute atomic E-state index is 5.46. The highest BCUT2D eigenvalue weighted by Crippen LogP contribution is 2.24. The molecule has 0 bridgehead atoms. The van der Waals surface area contributed by atoms with Crippen molar-refractivity contribution in [2.75, 3.05) is 5.32 Å². The van der Waals surface area contributed by atoms with Gasteiger partial charge in [-0.15, -0.1) is 0 Å². The minimum absolute atomic E-state index is 0.554. The van der Waals surface area contributed by atoms with Gasteiger partial charge >= 0.3 is 0 Å². The van der Waals surface area contributed by atoms with Crippen LogP contribution in [0, 0.1) is 0 Å². The van der Waals surface area contributed by atoms with E-state index in [2.05, 4.69) is 24.1 Å². The van der Waals surface area contributed by atoms with Crippen molar-refractivity contribution in [1.82, 2.24) is 4.90 Å². The van der Waals surface area contributed by atoms with E-state index >= 15 is 0 Å². The minimum atomic E-state index is 0.554. The highest BCUT2D eigenvalue weighted by Gasteiger charge is 2.28. The Balaban J connectivity index is 2.03. The molecular weight excluding hydrogens is 216 g/mol. The maximum atomic E-state index is 5.46. The van der Waals surface area contributed by atoms with Crippen molar-refractivity contribution in [1.29, 1.82) is 0 Å². The van der Waals surface area contributed by atoms with Crippen molar-refractivity contribution in [3.05, 3.63) is 30.3 Å². The van der Waals surface area contributed by atoms with Crippen LogP contribution in [-0.4, -0.2) is 22.1 Å². The van der Waals surface area contributed by atoms with Crippen LogP contribution in [0.2, 0.25) is 0 Å². The first-order chi connectivity index (χ1) is 7.68. The summed E-state index contributed by atoms with van der Waals surface area (Å²) in [5, 5.41) is 4.15. The third-order valence-electron chi connectivity index (χ3n) is 3.21. The molecule has 2 atom stereocenters. The zero-order valence-electron chi connectivity index (χ0n) is 9.81. The number of anilines is 1. The maximum Gasteiger partial charge on any atom is 0.173 e. The van der Waals surface area contributed by atoms with Crippen LogP contribution in [0.3, 0.4) is 0 Å². The molecule has 2 nitrogen and oxygen atoms in total. The lowest BCUT2D eigenvalue weighted by atomic mass is 10.2. The zero-order chi connectivity index (χ0) is 11.5. The van der Waals surface area contributed by atoms with Gasteiger partial charge in [0.25, 0.3) is 0 Å². The molecule has 3 heteroatoms. The Kier molecular flexibility index (Phi) is 3.44. The Morgan fingerprint density at radius 1 is 1.19 bits per heavy atom. The highest BCUT2D eigenvalue weighted by molar-refractivity contribution is 7.80. The predicted molar refractivity (Wildman–Crippen MR) is 72.7 cm³/mol. The fourth-order valence-corrected chi connectivity index (χ4v) is 2.78. The van der Waals surface area contributed by atoms with E-state index in [0.29, 0.717) is 12.1 Å². The van der Waals surface area contributed by atoms with Gasteiger partial charge in [0.1, 0.15) is 0 Å². The van der Waals surface area contributed by atoms with Gasteiger partial charge in [0.05, 0.1) is 0 Å². The molecule has 1 aromatic rings. The smallest absolute Gasteiger partial charge is 0.173 e. The van der Waals surface area contributed by atoms with Gasteiger partial charge in [0.15, 0.2) is 5.11 Å². The van der Waals surface area contributed by atoms with Crippen molar-refractivity contribution < 1.29 is 0 Å². The van der Waals surface area contributed by atoms with Crippen LogP contribution in [0.4, 0.5) is 5.69 Å². The van der Waals surface area contributed by atoms with Gasteiger partial charge in [0, 0.05) is 17.8 Å². The molecule has 0 spiro atoms. The van der Waals surface area contributed by atoms with Crippen molar-refractivity contribution in [2.24, 2.45) is 0 Å². The Hall–Kier alpha value is -1.09. The number of likely N-dealkylation sites (tertiary alicyclic amines) is 1.